The minimum absolute atomic E-state index is 0.0134. The highest BCUT2D eigenvalue weighted by Crippen LogP contribution is 2.49. The van der Waals surface area contributed by atoms with Gasteiger partial charge in [-0.1, -0.05) is 26.2 Å². The molecular formula is C24H28O6. The van der Waals surface area contributed by atoms with Crippen molar-refractivity contribution >= 4 is 11.9 Å². The molecule has 0 spiro atoms. The van der Waals surface area contributed by atoms with Gasteiger partial charge in [0.05, 0.1) is 11.1 Å². The van der Waals surface area contributed by atoms with E-state index in [1.165, 1.54) is 24.3 Å². The second-order valence-corrected chi connectivity index (χ2v) is 8.48. The first-order chi connectivity index (χ1) is 14.1. The molecule has 160 valence electrons. The lowest BCUT2D eigenvalue weighted by molar-refractivity contribution is 0.0686. The third kappa shape index (κ3) is 3.99. The van der Waals surface area contributed by atoms with E-state index in [-0.39, 0.29) is 34.5 Å². The topological polar surface area (TPSA) is 115 Å². The lowest BCUT2D eigenvalue weighted by atomic mass is 9.67. The van der Waals surface area contributed by atoms with Crippen molar-refractivity contribution in [3.8, 4) is 11.5 Å². The third-order valence-electron chi connectivity index (χ3n) is 6.43. The van der Waals surface area contributed by atoms with Crippen molar-refractivity contribution in [2.45, 2.75) is 52.4 Å². The molecule has 1 fully saturated rings. The molecule has 0 amide bonds. The first-order valence-electron chi connectivity index (χ1n) is 10.2. The smallest absolute Gasteiger partial charge is 0.335 e. The first-order valence-corrected chi connectivity index (χ1v) is 10.2. The van der Waals surface area contributed by atoms with Crippen LogP contribution in [0.3, 0.4) is 0 Å². The molecule has 2 aromatic rings. The highest BCUT2D eigenvalue weighted by Gasteiger charge is 2.36. The molecule has 3 rings (SSSR count). The number of hydrogen-bond acceptors (Lipinski definition) is 4. The maximum Gasteiger partial charge on any atom is 0.335 e. The number of aromatic carboxylic acids is 2. The fraction of sp³-hybridized carbons (Fsp3) is 0.417. The number of phenolic OH excluding ortho intramolecular Hbond substituents is 2. The van der Waals surface area contributed by atoms with Gasteiger partial charge < -0.3 is 20.4 Å². The van der Waals surface area contributed by atoms with Gasteiger partial charge in [-0.3, -0.25) is 0 Å². The molecule has 6 heteroatoms. The second-order valence-electron chi connectivity index (χ2n) is 8.48. The number of benzene rings is 2. The van der Waals surface area contributed by atoms with Gasteiger partial charge in [-0.05, 0) is 67.5 Å². The monoisotopic (exact) mass is 412 g/mol. The molecular weight excluding hydrogens is 384 g/mol. The fourth-order valence-corrected chi connectivity index (χ4v) is 4.80. The Labute approximate surface area is 175 Å². The standard InChI is InChI=1S/C24H28O6/c1-12-6-4-5-7-17(12)20(18-10-15(23(27)28)8-13(2)21(18)25)19-11-16(24(29)30)9-14(3)22(19)26/h8-12,17,20,25-26H,4-7H2,1-3H3,(H,27,28)(H,29,30). The van der Waals surface area contributed by atoms with Crippen LogP contribution in [0.2, 0.25) is 0 Å². The summed E-state index contributed by atoms with van der Waals surface area (Å²) in [6.07, 6.45) is 3.91. The van der Waals surface area contributed by atoms with E-state index in [0.717, 1.165) is 25.7 Å². The van der Waals surface area contributed by atoms with Gasteiger partial charge in [-0.15, -0.1) is 0 Å². The van der Waals surface area contributed by atoms with Crippen LogP contribution in [-0.4, -0.2) is 32.4 Å². The molecule has 2 aromatic carbocycles. The number of aryl methyl sites for hydroxylation is 2. The predicted molar refractivity (Wildman–Crippen MR) is 113 cm³/mol. The van der Waals surface area contributed by atoms with Gasteiger partial charge in [0.2, 0.25) is 0 Å². The number of carboxylic acids is 2. The summed E-state index contributed by atoms with van der Waals surface area (Å²) >= 11 is 0. The zero-order valence-electron chi connectivity index (χ0n) is 17.5. The number of rotatable bonds is 5. The van der Waals surface area contributed by atoms with Crippen molar-refractivity contribution < 1.29 is 30.0 Å². The van der Waals surface area contributed by atoms with Gasteiger partial charge in [-0.2, -0.15) is 0 Å². The summed E-state index contributed by atoms with van der Waals surface area (Å²) < 4.78 is 0. The summed E-state index contributed by atoms with van der Waals surface area (Å²) in [5.41, 5.74) is 1.82. The molecule has 0 saturated heterocycles. The van der Waals surface area contributed by atoms with Crippen LogP contribution in [0.15, 0.2) is 24.3 Å². The first kappa shape index (κ1) is 21.7. The van der Waals surface area contributed by atoms with Gasteiger partial charge in [0.1, 0.15) is 11.5 Å². The Kier molecular flexibility index (Phi) is 6.06. The minimum atomic E-state index is -1.10. The van der Waals surface area contributed by atoms with E-state index < -0.39 is 17.9 Å². The van der Waals surface area contributed by atoms with Crippen LogP contribution in [0.1, 0.15) is 81.5 Å². The van der Waals surface area contributed by atoms with Crippen molar-refractivity contribution in [2.24, 2.45) is 11.8 Å². The molecule has 0 heterocycles. The van der Waals surface area contributed by atoms with Crippen molar-refractivity contribution in [1.29, 1.82) is 0 Å². The normalized spacial score (nSPS) is 19.1. The van der Waals surface area contributed by atoms with E-state index in [0.29, 0.717) is 22.3 Å². The van der Waals surface area contributed by atoms with Gasteiger partial charge in [0, 0.05) is 17.0 Å². The van der Waals surface area contributed by atoms with Crippen LogP contribution in [0.25, 0.3) is 0 Å². The van der Waals surface area contributed by atoms with Crippen LogP contribution in [0.5, 0.6) is 11.5 Å². The molecule has 0 aliphatic heterocycles. The number of hydrogen-bond donors (Lipinski definition) is 4. The summed E-state index contributed by atoms with van der Waals surface area (Å²) in [6, 6.07) is 5.75. The van der Waals surface area contributed by atoms with Gasteiger partial charge in [0.25, 0.3) is 0 Å². The Balaban J connectivity index is 2.32. The number of aromatic hydroxyl groups is 2. The molecule has 1 saturated carbocycles. The van der Waals surface area contributed by atoms with E-state index in [4.69, 9.17) is 0 Å². The van der Waals surface area contributed by atoms with E-state index >= 15 is 0 Å². The maximum atomic E-state index is 11.7. The zero-order chi connectivity index (χ0) is 22.2. The lowest BCUT2D eigenvalue weighted by Gasteiger charge is -2.37. The molecule has 30 heavy (non-hydrogen) atoms. The largest absolute Gasteiger partial charge is 0.507 e. The quantitative estimate of drug-likeness (QED) is 0.545. The summed E-state index contributed by atoms with van der Waals surface area (Å²) in [6.45, 7) is 5.41. The average molecular weight is 412 g/mol. The second kappa shape index (κ2) is 8.38. The number of phenols is 2. The molecule has 2 atom stereocenters. The lowest BCUT2D eigenvalue weighted by Crippen LogP contribution is -2.25. The Hall–Kier alpha value is -3.02. The molecule has 0 radical (unpaired) electrons. The molecule has 4 N–H and O–H groups in total. The van der Waals surface area contributed by atoms with Crippen LogP contribution >= 0.6 is 0 Å². The SMILES string of the molecule is Cc1cc(C(=O)O)cc(C(c2cc(C(=O)O)cc(C)c2O)C2CCCCC2C)c1O. The van der Waals surface area contributed by atoms with E-state index in [1.54, 1.807) is 13.8 Å². The molecule has 1 aliphatic carbocycles. The summed E-state index contributed by atoms with van der Waals surface area (Å²) in [4.78, 5) is 23.3. The van der Waals surface area contributed by atoms with Gasteiger partial charge >= 0.3 is 11.9 Å². The maximum absolute atomic E-state index is 11.7. The van der Waals surface area contributed by atoms with E-state index in [1.807, 2.05) is 0 Å². The average Bonchev–Trinajstić information content (AvgIpc) is 2.69. The fourth-order valence-electron chi connectivity index (χ4n) is 4.80. The Morgan fingerprint density at radius 2 is 1.27 bits per heavy atom. The van der Waals surface area contributed by atoms with Crippen molar-refractivity contribution in [1.82, 2.24) is 0 Å². The predicted octanol–water partition coefficient (Wildman–Crippen LogP) is 5.07. The van der Waals surface area contributed by atoms with Gasteiger partial charge in [0.15, 0.2) is 0 Å². The van der Waals surface area contributed by atoms with Crippen molar-refractivity contribution in [3.05, 3.63) is 57.6 Å². The number of carboxylic acid groups (broad SMARTS) is 2. The van der Waals surface area contributed by atoms with E-state index in [9.17, 15) is 30.0 Å². The molecule has 1 aliphatic rings. The van der Waals surface area contributed by atoms with Crippen molar-refractivity contribution in [2.75, 3.05) is 0 Å². The number of carbonyl (C=O) groups is 2. The van der Waals surface area contributed by atoms with Crippen molar-refractivity contribution in [3.63, 3.8) is 0 Å². The summed E-state index contributed by atoms with van der Waals surface area (Å²) in [5.74, 6) is -2.45. The minimum Gasteiger partial charge on any atom is -0.507 e. The molecule has 0 bridgehead atoms. The highest BCUT2D eigenvalue weighted by atomic mass is 16.4. The van der Waals surface area contributed by atoms with Crippen LogP contribution in [-0.2, 0) is 0 Å². The van der Waals surface area contributed by atoms with Crippen LogP contribution < -0.4 is 0 Å². The summed E-state index contributed by atoms with van der Waals surface area (Å²) in [5, 5.41) is 40.9. The summed E-state index contributed by atoms with van der Waals surface area (Å²) in [7, 11) is 0. The molecule has 6 nitrogen and oxygen atoms in total. The third-order valence-corrected chi connectivity index (χ3v) is 6.43. The molecule has 2 unspecified atom stereocenters. The van der Waals surface area contributed by atoms with E-state index in [2.05, 4.69) is 6.92 Å². The highest BCUT2D eigenvalue weighted by molar-refractivity contribution is 5.89. The van der Waals surface area contributed by atoms with Crippen LogP contribution in [0.4, 0.5) is 0 Å². The Morgan fingerprint density at radius 1 is 0.833 bits per heavy atom. The Morgan fingerprint density at radius 3 is 1.67 bits per heavy atom. The van der Waals surface area contributed by atoms with Crippen LogP contribution in [0, 0.1) is 25.7 Å². The van der Waals surface area contributed by atoms with Gasteiger partial charge in [-0.25, -0.2) is 9.59 Å². The Bertz CT molecular complexity index is 924. The molecule has 0 aromatic heterocycles. The zero-order valence-corrected chi connectivity index (χ0v) is 17.5.